The van der Waals surface area contributed by atoms with Crippen molar-refractivity contribution < 1.29 is 28.9 Å². The van der Waals surface area contributed by atoms with E-state index in [4.69, 9.17) is 14.2 Å². The highest BCUT2D eigenvalue weighted by Gasteiger charge is 2.46. The van der Waals surface area contributed by atoms with E-state index in [2.05, 4.69) is 10.6 Å². The fourth-order valence-corrected chi connectivity index (χ4v) is 4.99. The summed E-state index contributed by atoms with van der Waals surface area (Å²) in [5, 5.41) is 15.9. The molecule has 2 amide bonds. The Balaban J connectivity index is 1.21. The van der Waals surface area contributed by atoms with Crippen molar-refractivity contribution >= 4 is 17.5 Å². The molecular formula is C27H32N2O6. The number of anilines is 1. The van der Waals surface area contributed by atoms with Crippen molar-refractivity contribution in [1.82, 2.24) is 5.32 Å². The van der Waals surface area contributed by atoms with E-state index in [1.807, 2.05) is 42.5 Å². The number of aliphatic hydroxyl groups is 1. The molecule has 35 heavy (non-hydrogen) atoms. The smallest absolute Gasteiger partial charge is 0.224 e. The van der Waals surface area contributed by atoms with E-state index >= 15 is 0 Å². The van der Waals surface area contributed by atoms with Gasteiger partial charge in [-0.3, -0.25) is 9.59 Å². The number of hydrogen-bond donors (Lipinski definition) is 3. The molecule has 4 atom stereocenters. The maximum absolute atomic E-state index is 12.7. The summed E-state index contributed by atoms with van der Waals surface area (Å²) in [5.74, 6) is 1.94. The van der Waals surface area contributed by atoms with Crippen molar-refractivity contribution in [3.63, 3.8) is 0 Å². The van der Waals surface area contributed by atoms with Gasteiger partial charge in [0, 0.05) is 30.1 Å². The number of methoxy groups -OCH3 is 1. The predicted molar refractivity (Wildman–Crippen MR) is 129 cm³/mol. The molecule has 2 heterocycles. The van der Waals surface area contributed by atoms with Crippen LogP contribution in [0, 0.1) is 5.92 Å². The molecular weight excluding hydrogens is 448 g/mol. The molecule has 186 valence electrons. The molecule has 2 fully saturated rings. The first-order valence-electron chi connectivity index (χ1n) is 12.3. The van der Waals surface area contributed by atoms with Gasteiger partial charge in [-0.25, -0.2) is 0 Å². The second-order valence-corrected chi connectivity index (χ2v) is 9.68. The summed E-state index contributed by atoms with van der Waals surface area (Å²) < 4.78 is 17.3. The van der Waals surface area contributed by atoms with Gasteiger partial charge in [-0.05, 0) is 61.1 Å². The minimum absolute atomic E-state index is 0.0180. The minimum Gasteiger partial charge on any atom is -0.497 e. The molecule has 5 rings (SSSR count). The largest absolute Gasteiger partial charge is 0.497 e. The van der Waals surface area contributed by atoms with E-state index in [-0.39, 0.29) is 43.0 Å². The third kappa shape index (κ3) is 5.60. The summed E-state index contributed by atoms with van der Waals surface area (Å²) in [6, 6.07) is 13.2. The summed E-state index contributed by atoms with van der Waals surface area (Å²) in [6.45, 7) is 0.227. The van der Waals surface area contributed by atoms with Gasteiger partial charge in [0.05, 0.1) is 26.2 Å². The van der Waals surface area contributed by atoms with Gasteiger partial charge in [-0.1, -0.05) is 12.1 Å². The van der Waals surface area contributed by atoms with E-state index in [1.165, 1.54) is 0 Å². The summed E-state index contributed by atoms with van der Waals surface area (Å²) in [4.78, 5) is 24.9. The number of hydrogen-bond acceptors (Lipinski definition) is 6. The number of nitrogens with one attached hydrogen (secondary N) is 2. The van der Waals surface area contributed by atoms with E-state index < -0.39 is 6.10 Å². The molecule has 1 saturated heterocycles. The molecule has 8 heteroatoms. The molecule has 2 aromatic carbocycles. The molecule has 8 nitrogen and oxygen atoms in total. The van der Waals surface area contributed by atoms with Crippen LogP contribution in [-0.4, -0.2) is 48.9 Å². The topological polar surface area (TPSA) is 106 Å². The zero-order chi connectivity index (χ0) is 24.4. The van der Waals surface area contributed by atoms with E-state index in [9.17, 15) is 14.7 Å². The molecule has 1 saturated carbocycles. The molecule has 0 aromatic heterocycles. The van der Waals surface area contributed by atoms with Crippen molar-refractivity contribution in [1.29, 1.82) is 0 Å². The maximum Gasteiger partial charge on any atom is 0.224 e. The Morgan fingerprint density at radius 1 is 1.09 bits per heavy atom. The normalized spacial score (nSPS) is 24.6. The number of carbonyl (C=O) groups excluding carboxylic acids is 2. The third-order valence-corrected chi connectivity index (χ3v) is 7.02. The molecule has 0 bridgehead atoms. The van der Waals surface area contributed by atoms with Crippen molar-refractivity contribution in [3.05, 3.63) is 53.6 Å². The highest BCUT2D eigenvalue weighted by molar-refractivity contribution is 5.91. The van der Waals surface area contributed by atoms with Crippen LogP contribution in [0.4, 0.5) is 5.69 Å². The van der Waals surface area contributed by atoms with Crippen LogP contribution >= 0.6 is 0 Å². The lowest BCUT2D eigenvalue weighted by Gasteiger charge is -2.37. The lowest BCUT2D eigenvalue weighted by molar-refractivity contribution is -0.142. The zero-order valence-electron chi connectivity index (χ0n) is 19.9. The summed E-state index contributed by atoms with van der Waals surface area (Å²) in [5.41, 5.74) is 2.72. The summed E-state index contributed by atoms with van der Waals surface area (Å²) in [6.07, 6.45) is 2.45. The van der Waals surface area contributed by atoms with Crippen molar-refractivity contribution in [2.24, 2.45) is 5.92 Å². The van der Waals surface area contributed by atoms with Gasteiger partial charge in [0.25, 0.3) is 0 Å². The highest BCUT2D eigenvalue weighted by atomic mass is 16.6. The Labute approximate surface area is 205 Å². The first kappa shape index (κ1) is 23.6. The van der Waals surface area contributed by atoms with Gasteiger partial charge in [0.15, 0.2) is 0 Å². The Bertz CT molecular complexity index is 1070. The van der Waals surface area contributed by atoms with Gasteiger partial charge >= 0.3 is 0 Å². The second-order valence-electron chi connectivity index (χ2n) is 9.68. The van der Waals surface area contributed by atoms with Gasteiger partial charge in [0.2, 0.25) is 11.8 Å². The molecule has 1 aliphatic carbocycles. The average molecular weight is 481 g/mol. The van der Waals surface area contributed by atoms with E-state index in [0.717, 1.165) is 41.2 Å². The summed E-state index contributed by atoms with van der Waals surface area (Å²) >= 11 is 0. The maximum atomic E-state index is 12.7. The lowest BCUT2D eigenvalue weighted by Crippen LogP contribution is -2.47. The Hall–Kier alpha value is -3.10. The molecule has 3 aliphatic rings. The number of rotatable bonds is 9. The van der Waals surface area contributed by atoms with Gasteiger partial charge in [-0.2, -0.15) is 0 Å². The number of ether oxygens (including phenoxy) is 3. The van der Waals surface area contributed by atoms with E-state index in [1.54, 1.807) is 7.11 Å². The number of carbonyl (C=O) groups is 2. The predicted octanol–water partition coefficient (Wildman–Crippen LogP) is 3.13. The van der Waals surface area contributed by atoms with Crippen molar-refractivity contribution in [2.75, 3.05) is 19.0 Å². The first-order valence-corrected chi connectivity index (χ1v) is 12.3. The third-order valence-electron chi connectivity index (χ3n) is 7.02. The van der Waals surface area contributed by atoms with Crippen molar-refractivity contribution in [3.8, 4) is 11.5 Å². The fourth-order valence-electron chi connectivity index (χ4n) is 4.99. The number of fused-ring (bicyclic) bond motifs is 3. The highest BCUT2D eigenvalue weighted by Crippen LogP contribution is 2.47. The molecule has 0 radical (unpaired) electrons. The quantitative estimate of drug-likeness (QED) is 0.509. The number of benzene rings is 2. The Morgan fingerprint density at radius 3 is 2.60 bits per heavy atom. The molecule has 0 spiro atoms. The van der Waals surface area contributed by atoms with Crippen LogP contribution in [0.5, 0.6) is 11.5 Å². The Kier molecular flexibility index (Phi) is 6.92. The van der Waals surface area contributed by atoms with E-state index in [0.29, 0.717) is 25.3 Å². The van der Waals surface area contributed by atoms with Crippen LogP contribution in [0.15, 0.2) is 42.5 Å². The SMILES string of the molecule is COc1ccc(CNC(=O)C[C@H]2C[C@H]3c4cc(NC(=O)CC5CC5)ccc4O[C@H]3[C@@H](CO)O2)cc1. The van der Waals surface area contributed by atoms with Gasteiger partial charge < -0.3 is 30.0 Å². The summed E-state index contributed by atoms with van der Waals surface area (Å²) in [7, 11) is 1.62. The van der Waals surface area contributed by atoms with Crippen LogP contribution in [0.25, 0.3) is 0 Å². The fraction of sp³-hybridized carbons (Fsp3) is 0.481. The van der Waals surface area contributed by atoms with Gasteiger partial charge in [0.1, 0.15) is 23.7 Å². The van der Waals surface area contributed by atoms with Crippen LogP contribution in [0.3, 0.4) is 0 Å². The van der Waals surface area contributed by atoms with Crippen LogP contribution in [0.2, 0.25) is 0 Å². The standard InChI is InChI=1S/C27H32N2O6/c1-33-19-7-4-17(5-8-19)14-28-25(31)13-20-12-22-21-11-18(29-26(32)10-16-2-3-16)6-9-23(21)35-27(22)24(15-30)34-20/h4-9,11,16,20,22,24,27,30H,2-3,10,12-15H2,1H3,(H,28,31)(H,29,32)/t20-,22+,24-,27-/m1/s1. The lowest BCUT2D eigenvalue weighted by atomic mass is 9.84. The van der Waals surface area contributed by atoms with Crippen LogP contribution in [-0.2, 0) is 20.9 Å². The first-order chi connectivity index (χ1) is 17.0. The number of aliphatic hydroxyl groups excluding tert-OH is 1. The minimum atomic E-state index is -0.520. The Morgan fingerprint density at radius 2 is 1.89 bits per heavy atom. The zero-order valence-corrected chi connectivity index (χ0v) is 19.9. The van der Waals surface area contributed by atoms with Crippen LogP contribution < -0.4 is 20.1 Å². The average Bonchev–Trinajstić information content (AvgIpc) is 3.60. The van der Waals surface area contributed by atoms with Crippen LogP contribution in [0.1, 0.15) is 49.1 Å². The number of amides is 2. The van der Waals surface area contributed by atoms with Crippen molar-refractivity contribution in [2.45, 2.75) is 62.9 Å². The molecule has 0 unspecified atom stereocenters. The molecule has 2 aliphatic heterocycles. The van der Waals surface area contributed by atoms with Gasteiger partial charge in [-0.15, -0.1) is 0 Å². The monoisotopic (exact) mass is 480 g/mol. The second kappa shape index (κ2) is 10.3. The molecule has 3 N–H and O–H groups in total. The molecule has 2 aromatic rings.